The fourth-order valence-corrected chi connectivity index (χ4v) is 3.57. The molecule has 0 aromatic heterocycles. The number of likely N-dealkylation sites (N-methyl/N-ethyl adjacent to an activating group) is 1. The van der Waals surface area contributed by atoms with E-state index in [0.29, 0.717) is 12.6 Å². The van der Waals surface area contributed by atoms with Crippen LogP contribution in [0.15, 0.2) is 48.5 Å². The van der Waals surface area contributed by atoms with Gasteiger partial charge in [-0.25, -0.2) is 0 Å². The van der Waals surface area contributed by atoms with E-state index in [1.54, 1.807) is 0 Å². The summed E-state index contributed by atoms with van der Waals surface area (Å²) in [6.07, 6.45) is 3.52. The van der Waals surface area contributed by atoms with E-state index in [0.717, 1.165) is 24.1 Å². The van der Waals surface area contributed by atoms with Crippen molar-refractivity contribution in [3.05, 3.63) is 65.2 Å². The van der Waals surface area contributed by atoms with Crippen molar-refractivity contribution in [1.82, 2.24) is 0 Å². The van der Waals surface area contributed by atoms with Crippen LogP contribution in [0.5, 0.6) is 0 Å². The molecule has 2 aromatic rings. The third-order valence-electron chi connectivity index (χ3n) is 4.71. The quantitative estimate of drug-likeness (QED) is 0.894. The molecule has 2 N–H and O–H groups in total. The van der Waals surface area contributed by atoms with Gasteiger partial charge in [0.05, 0.1) is 7.05 Å². The summed E-state index contributed by atoms with van der Waals surface area (Å²) in [6, 6.07) is 17.0. The summed E-state index contributed by atoms with van der Waals surface area (Å²) in [7, 11) is 2.13. The zero-order chi connectivity index (χ0) is 16.2. The second kappa shape index (κ2) is 6.97. The van der Waals surface area contributed by atoms with Gasteiger partial charge < -0.3 is 10.2 Å². The molecule has 0 spiro atoms. The topological polar surface area (TPSA) is 33.5 Å². The molecule has 120 valence electrons. The lowest BCUT2D eigenvalue weighted by atomic mass is 9.87. The fraction of sp³-hybridized carbons (Fsp3) is 0.350. The Labute approximate surface area is 138 Å². The Hall–Kier alpha value is -2.13. The molecule has 1 amide bonds. The molecule has 2 aromatic carbocycles. The number of carbonyl (C=O) groups excluding carboxylic acids is 1. The van der Waals surface area contributed by atoms with Crippen molar-refractivity contribution >= 4 is 11.6 Å². The van der Waals surface area contributed by atoms with Gasteiger partial charge >= 0.3 is 0 Å². The highest BCUT2D eigenvalue weighted by Gasteiger charge is 2.27. The van der Waals surface area contributed by atoms with E-state index >= 15 is 0 Å². The van der Waals surface area contributed by atoms with Crippen LogP contribution in [-0.2, 0) is 11.2 Å². The number of quaternary nitrogens is 1. The number of nitrogens with one attached hydrogen (secondary N) is 2. The highest BCUT2D eigenvalue weighted by atomic mass is 16.2. The van der Waals surface area contributed by atoms with Gasteiger partial charge in [-0.1, -0.05) is 36.4 Å². The second-order valence-corrected chi connectivity index (χ2v) is 6.58. The Kier molecular flexibility index (Phi) is 4.77. The first-order chi connectivity index (χ1) is 11.1. The molecule has 1 aliphatic carbocycles. The molecular weight excluding hydrogens is 284 g/mol. The van der Waals surface area contributed by atoms with Crippen LogP contribution in [0.1, 0.15) is 35.6 Å². The Morgan fingerprint density at radius 3 is 2.87 bits per heavy atom. The van der Waals surface area contributed by atoms with Crippen LogP contribution in [0.3, 0.4) is 0 Å². The molecule has 3 heteroatoms. The van der Waals surface area contributed by atoms with Gasteiger partial charge in [0.2, 0.25) is 0 Å². The van der Waals surface area contributed by atoms with Crippen molar-refractivity contribution in [2.45, 2.75) is 32.2 Å². The Morgan fingerprint density at radius 2 is 2.04 bits per heavy atom. The van der Waals surface area contributed by atoms with Crippen LogP contribution in [0, 0.1) is 6.92 Å². The monoisotopic (exact) mass is 309 g/mol. The number of rotatable bonds is 4. The number of carbonyl (C=O) groups is 1. The lowest BCUT2D eigenvalue weighted by molar-refractivity contribution is -0.905. The third kappa shape index (κ3) is 3.80. The SMILES string of the molecule is Cc1cccc(NC(=O)C[NH+](C)[C@@H]2CCCc3ccccc32)c1. The first-order valence-electron chi connectivity index (χ1n) is 8.40. The van der Waals surface area contributed by atoms with Gasteiger partial charge in [-0.2, -0.15) is 0 Å². The van der Waals surface area contributed by atoms with Gasteiger partial charge in [0.1, 0.15) is 6.04 Å². The van der Waals surface area contributed by atoms with Gasteiger partial charge in [0, 0.05) is 17.7 Å². The molecule has 1 aliphatic rings. The molecule has 1 unspecified atom stereocenters. The lowest BCUT2D eigenvalue weighted by Gasteiger charge is -2.30. The number of aryl methyl sites for hydroxylation is 2. The molecule has 0 aliphatic heterocycles. The van der Waals surface area contributed by atoms with Crippen LogP contribution in [0.25, 0.3) is 0 Å². The molecule has 23 heavy (non-hydrogen) atoms. The molecule has 0 radical (unpaired) electrons. The maximum absolute atomic E-state index is 12.4. The normalized spacial score (nSPS) is 18.1. The van der Waals surface area contributed by atoms with Crippen molar-refractivity contribution < 1.29 is 9.69 Å². The largest absolute Gasteiger partial charge is 0.323 e. The molecule has 0 fully saturated rings. The van der Waals surface area contributed by atoms with E-state index in [2.05, 4.69) is 36.6 Å². The van der Waals surface area contributed by atoms with E-state index in [-0.39, 0.29) is 5.91 Å². The summed E-state index contributed by atoms with van der Waals surface area (Å²) in [5.74, 6) is 0.0798. The number of benzene rings is 2. The van der Waals surface area contributed by atoms with Gasteiger partial charge in [-0.05, 0) is 43.0 Å². The molecule has 0 bridgehead atoms. The summed E-state index contributed by atoms with van der Waals surface area (Å²) < 4.78 is 0. The Balaban J connectivity index is 1.65. The van der Waals surface area contributed by atoms with Crippen LogP contribution < -0.4 is 10.2 Å². The van der Waals surface area contributed by atoms with E-state index in [1.165, 1.54) is 22.4 Å². The van der Waals surface area contributed by atoms with Crippen LogP contribution in [-0.4, -0.2) is 19.5 Å². The smallest absolute Gasteiger partial charge is 0.279 e. The van der Waals surface area contributed by atoms with Crippen LogP contribution >= 0.6 is 0 Å². The summed E-state index contributed by atoms with van der Waals surface area (Å²) in [6.45, 7) is 2.53. The van der Waals surface area contributed by atoms with E-state index in [4.69, 9.17) is 0 Å². The molecule has 0 saturated carbocycles. The predicted octanol–water partition coefficient (Wildman–Crippen LogP) is 2.53. The lowest BCUT2D eigenvalue weighted by Crippen LogP contribution is -3.10. The van der Waals surface area contributed by atoms with Crippen molar-refractivity contribution in [3.8, 4) is 0 Å². The van der Waals surface area contributed by atoms with Crippen molar-refractivity contribution in [3.63, 3.8) is 0 Å². The third-order valence-corrected chi connectivity index (χ3v) is 4.71. The highest BCUT2D eigenvalue weighted by molar-refractivity contribution is 5.91. The zero-order valence-corrected chi connectivity index (χ0v) is 13.9. The Morgan fingerprint density at radius 1 is 1.22 bits per heavy atom. The van der Waals surface area contributed by atoms with Crippen LogP contribution in [0.2, 0.25) is 0 Å². The first-order valence-corrected chi connectivity index (χ1v) is 8.40. The molecule has 3 rings (SSSR count). The predicted molar refractivity (Wildman–Crippen MR) is 93.7 cm³/mol. The van der Waals surface area contributed by atoms with Gasteiger partial charge in [-0.3, -0.25) is 4.79 Å². The molecule has 2 atom stereocenters. The van der Waals surface area contributed by atoms with Crippen LogP contribution in [0.4, 0.5) is 5.69 Å². The minimum absolute atomic E-state index is 0.0798. The van der Waals surface area contributed by atoms with Gasteiger partial charge in [-0.15, -0.1) is 0 Å². The summed E-state index contributed by atoms with van der Waals surface area (Å²) in [5, 5.41) is 3.02. The van der Waals surface area contributed by atoms with Gasteiger partial charge in [0.25, 0.3) is 5.91 Å². The van der Waals surface area contributed by atoms with E-state index in [1.807, 2.05) is 31.2 Å². The summed E-state index contributed by atoms with van der Waals surface area (Å²) in [4.78, 5) is 13.6. The number of fused-ring (bicyclic) bond motifs is 1. The van der Waals surface area contributed by atoms with Crippen molar-refractivity contribution in [1.29, 1.82) is 0 Å². The number of hydrogen-bond donors (Lipinski definition) is 2. The van der Waals surface area contributed by atoms with E-state index in [9.17, 15) is 4.79 Å². The maximum Gasteiger partial charge on any atom is 0.279 e. The summed E-state index contributed by atoms with van der Waals surface area (Å²) >= 11 is 0. The average Bonchev–Trinajstić information content (AvgIpc) is 2.54. The van der Waals surface area contributed by atoms with Gasteiger partial charge in [0.15, 0.2) is 6.54 Å². The summed E-state index contributed by atoms with van der Waals surface area (Å²) in [5.41, 5.74) is 4.90. The van der Waals surface area contributed by atoms with Crippen molar-refractivity contribution in [2.75, 3.05) is 18.9 Å². The first kappa shape index (κ1) is 15.8. The zero-order valence-electron chi connectivity index (χ0n) is 13.9. The molecule has 0 saturated heterocycles. The fourth-order valence-electron chi connectivity index (χ4n) is 3.57. The maximum atomic E-state index is 12.4. The van der Waals surface area contributed by atoms with E-state index < -0.39 is 0 Å². The van der Waals surface area contributed by atoms with Crippen molar-refractivity contribution in [2.24, 2.45) is 0 Å². The second-order valence-electron chi connectivity index (χ2n) is 6.58. The highest BCUT2D eigenvalue weighted by Crippen LogP contribution is 2.27. The standard InChI is InChI=1S/C20H24N2O/c1-15-7-5-10-17(13-15)21-20(23)14-22(2)19-12-6-9-16-8-3-4-11-18(16)19/h3-5,7-8,10-11,13,19H,6,9,12,14H2,1-2H3,(H,21,23)/p+1/t19-/m1/s1. The molecule has 0 heterocycles. The minimum Gasteiger partial charge on any atom is -0.323 e. The number of hydrogen-bond acceptors (Lipinski definition) is 1. The molecular formula is C20H25N2O+. The number of amides is 1. The number of anilines is 1. The average molecular weight is 309 g/mol. The minimum atomic E-state index is 0.0798. The Bertz CT molecular complexity index is 696. The molecule has 3 nitrogen and oxygen atoms in total.